The number of nitrogens with zero attached hydrogens (tertiary/aromatic N) is 2. The van der Waals surface area contributed by atoms with Crippen LogP contribution in [-0.4, -0.2) is 9.97 Å². The summed E-state index contributed by atoms with van der Waals surface area (Å²) in [6.45, 7) is 0.508. The van der Waals surface area contributed by atoms with Crippen molar-refractivity contribution in [2.45, 2.75) is 13.0 Å². The first-order valence-electron chi connectivity index (χ1n) is 6.64. The molecular weight excluding hydrogens is 352 g/mol. The lowest BCUT2D eigenvalue weighted by molar-refractivity contribution is 0.151. The van der Waals surface area contributed by atoms with Gasteiger partial charge in [0.1, 0.15) is 5.82 Å². The van der Waals surface area contributed by atoms with Gasteiger partial charge in [0.2, 0.25) is 0 Å². The van der Waals surface area contributed by atoms with Crippen LogP contribution in [0.5, 0.6) is 0 Å². The number of pyridine rings is 2. The molecule has 1 N–H and O–H groups in total. The molecule has 0 aliphatic heterocycles. The third-order valence-electron chi connectivity index (χ3n) is 3.31. The van der Waals surface area contributed by atoms with Crippen molar-refractivity contribution < 1.29 is 8.78 Å². The zero-order valence-electron chi connectivity index (χ0n) is 11.4. The summed E-state index contributed by atoms with van der Waals surface area (Å²) in [6, 6.07) is 9.33. The van der Waals surface area contributed by atoms with E-state index in [1.165, 1.54) is 12.3 Å². The predicted molar refractivity (Wildman–Crippen MR) is 86.0 cm³/mol. The Kier molecular flexibility index (Phi) is 4.29. The summed E-state index contributed by atoms with van der Waals surface area (Å²) < 4.78 is 25.7. The number of alkyl halides is 2. The Bertz CT molecular complexity index is 803. The quantitative estimate of drug-likeness (QED) is 0.713. The Morgan fingerprint density at radius 3 is 2.73 bits per heavy atom. The number of rotatable bonds is 4. The first kappa shape index (κ1) is 14.8. The summed E-state index contributed by atoms with van der Waals surface area (Å²) in [6.07, 6.45) is 2.25. The number of hydrogen-bond donors (Lipinski definition) is 1. The summed E-state index contributed by atoms with van der Waals surface area (Å²) in [4.78, 5) is 8.25. The second kappa shape index (κ2) is 6.36. The molecule has 0 amide bonds. The lowest BCUT2D eigenvalue weighted by atomic mass is 10.1. The molecule has 3 rings (SSSR count). The maximum Gasteiger partial charge on any atom is 0.265 e. The third kappa shape index (κ3) is 3.06. The van der Waals surface area contributed by atoms with E-state index in [1.54, 1.807) is 6.20 Å². The van der Waals surface area contributed by atoms with Crippen LogP contribution in [0.25, 0.3) is 10.8 Å². The molecular formula is C16H12BrF2N3. The third-order valence-corrected chi connectivity index (χ3v) is 3.92. The average Bonchev–Trinajstić information content (AvgIpc) is 2.53. The highest BCUT2D eigenvalue weighted by atomic mass is 79.9. The molecule has 3 aromatic rings. The molecule has 2 heterocycles. The molecule has 1 aromatic carbocycles. The van der Waals surface area contributed by atoms with Crippen LogP contribution in [0.4, 0.5) is 14.6 Å². The van der Waals surface area contributed by atoms with E-state index in [0.717, 1.165) is 16.3 Å². The molecule has 0 aliphatic rings. The normalized spacial score (nSPS) is 11.1. The van der Waals surface area contributed by atoms with Gasteiger partial charge >= 0.3 is 0 Å². The van der Waals surface area contributed by atoms with Crippen LogP contribution in [-0.2, 0) is 6.54 Å². The summed E-state index contributed by atoms with van der Waals surface area (Å²) in [5.74, 6) is 0.525. The molecule has 0 atom stereocenters. The predicted octanol–water partition coefficient (Wildman–Crippen LogP) is 4.94. The SMILES string of the molecule is FC(F)c1cnc(NCc2cncc3ccccc23)c(Br)c1. The van der Waals surface area contributed by atoms with E-state index in [0.29, 0.717) is 16.8 Å². The topological polar surface area (TPSA) is 37.8 Å². The van der Waals surface area contributed by atoms with E-state index in [-0.39, 0.29) is 5.56 Å². The Balaban J connectivity index is 1.82. The second-order valence-electron chi connectivity index (χ2n) is 4.77. The maximum absolute atomic E-state index is 12.6. The standard InChI is InChI=1S/C16H12BrF2N3/c17-14-5-11(15(18)19)8-21-16(14)22-9-12-7-20-6-10-3-1-2-4-13(10)12/h1-8,15H,9H2,(H,21,22). The van der Waals surface area contributed by atoms with Gasteiger partial charge in [0.15, 0.2) is 0 Å². The van der Waals surface area contributed by atoms with Crippen LogP contribution < -0.4 is 5.32 Å². The van der Waals surface area contributed by atoms with Gasteiger partial charge in [-0.1, -0.05) is 24.3 Å². The number of halogens is 3. The molecule has 0 fully saturated rings. The lowest BCUT2D eigenvalue weighted by Gasteiger charge is -2.10. The van der Waals surface area contributed by atoms with Gasteiger partial charge in [0, 0.05) is 36.1 Å². The van der Waals surface area contributed by atoms with Crippen molar-refractivity contribution in [3.63, 3.8) is 0 Å². The molecule has 0 radical (unpaired) electrons. The van der Waals surface area contributed by atoms with Gasteiger partial charge in [-0.25, -0.2) is 13.8 Å². The Labute approximate surface area is 134 Å². The number of hydrogen-bond acceptors (Lipinski definition) is 3. The van der Waals surface area contributed by atoms with E-state index in [1.807, 2.05) is 30.5 Å². The summed E-state index contributed by atoms with van der Waals surface area (Å²) in [7, 11) is 0. The zero-order chi connectivity index (χ0) is 15.5. The first-order valence-corrected chi connectivity index (χ1v) is 7.43. The van der Waals surface area contributed by atoms with Gasteiger partial charge in [-0.05, 0) is 32.9 Å². The largest absolute Gasteiger partial charge is 0.365 e. The highest BCUT2D eigenvalue weighted by Crippen LogP contribution is 2.27. The molecule has 6 heteroatoms. The Morgan fingerprint density at radius 2 is 1.95 bits per heavy atom. The fraction of sp³-hybridized carbons (Fsp3) is 0.125. The Morgan fingerprint density at radius 1 is 1.14 bits per heavy atom. The smallest absolute Gasteiger partial charge is 0.265 e. The van der Waals surface area contributed by atoms with Crippen molar-refractivity contribution in [1.82, 2.24) is 9.97 Å². The van der Waals surface area contributed by atoms with Crippen LogP contribution >= 0.6 is 15.9 Å². The number of fused-ring (bicyclic) bond motifs is 1. The number of nitrogens with one attached hydrogen (secondary N) is 1. The fourth-order valence-corrected chi connectivity index (χ4v) is 2.71. The van der Waals surface area contributed by atoms with E-state index in [2.05, 4.69) is 31.2 Å². The van der Waals surface area contributed by atoms with Crippen LogP contribution in [0.2, 0.25) is 0 Å². The minimum absolute atomic E-state index is 0.107. The molecule has 22 heavy (non-hydrogen) atoms. The van der Waals surface area contributed by atoms with Crippen LogP contribution in [0.1, 0.15) is 17.6 Å². The minimum atomic E-state index is -2.53. The second-order valence-corrected chi connectivity index (χ2v) is 5.63. The number of anilines is 1. The van der Waals surface area contributed by atoms with Gasteiger partial charge in [0.25, 0.3) is 6.43 Å². The van der Waals surface area contributed by atoms with Crippen molar-refractivity contribution in [2.75, 3.05) is 5.32 Å². The van der Waals surface area contributed by atoms with Crippen LogP contribution in [0.3, 0.4) is 0 Å². The highest BCUT2D eigenvalue weighted by Gasteiger charge is 2.11. The van der Waals surface area contributed by atoms with Gasteiger partial charge in [-0.3, -0.25) is 4.98 Å². The molecule has 0 aliphatic carbocycles. The molecule has 0 unspecified atom stereocenters. The molecule has 0 saturated heterocycles. The van der Waals surface area contributed by atoms with Crippen molar-refractivity contribution >= 4 is 32.5 Å². The van der Waals surface area contributed by atoms with Crippen molar-refractivity contribution in [3.8, 4) is 0 Å². The van der Waals surface area contributed by atoms with Crippen molar-refractivity contribution in [3.05, 3.63) is 64.5 Å². The average molecular weight is 364 g/mol. The molecule has 0 saturated carbocycles. The molecule has 0 bridgehead atoms. The number of benzene rings is 1. The summed E-state index contributed by atoms with van der Waals surface area (Å²) in [5, 5.41) is 5.30. The molecule has 3 nitrogen and oxygen atoms in total. The van der Waals surface area contributed by atoms with Gasteiger partial charge in [0.05, 0.1) is 4.47 Å². The molecule has 0 spiro atoms. The molecule has 112 valence electrons. The van der Waals surface area contributed by atoms with Crippen molar-refractivity contribution in [1.29, 1.82) is 0 Å². The number of aromatic nitrogens is 2. The van der Waals surface area contributed by atoms with E-state index in [4.69, 9.17) is 0 Å². The van der Waals surface area contributed by atoms with Gasteiger partial charge in [-0.2, -0.15) is 0 Å². The van der Waals surface area contributed by atoms with E-state index >= 15 is 0 Å². The molecule has 2 aromatic heterocycles. The fourth-order valence-electron chi connectivity index (χ4n) is 2.20. The summed E-state index contributed by atoms with van der Waals surface area (Å²) in [5.41, 5.74) is 0.911. The van der Waals surface area contributed by atoms with Crippen molar-refractivity contribution in [2.24, 2.45) is 0 Å². The van der Waals surface area contributed by atoms with Gasteiger partial charge in [-0.15, -0.1) is 0 Å². The van der Waals surface area contributed by atoms with Crippen LogP contribution in [0.15, 0.2) is 53.4 Å². The summed E-state index contributed by atoms with van der Waals surface area (Å²) >= 11 is 3.26. The van der Waals surface area contributed by atoms with E-state index < -0.39 is 6.43 Å². The zero-order valence-corrected chi connectivity index (χ0v) is 13.0. The van der Waals surface area contributed by atoms with E-state index in [9.17, 15) is 8.78 Å². The Hall–Kier alpha value is -2.08. The lowest BCUT2D eigenvalue weighted by Crippen LogP contribution is -2.04. The highest BCUT2D eigenvalue weighted by molar-refractivity contribution is 9.10. The first-order chi connectivity index (χ1) is 10.6. The monoisotopic (exact) mass is 363 g/mol. The van der Waals surface area contributed by atoms with Crippen LogP contribution in [0, 0.1) is 0 Å². The maximum atomic E-state index is 12.6. The minimum Gasteiger partial charge on any atom is -0.365 e. The van der Waals surface area contributed by atoms with Gasteiger partial charge < -0.3 is 5.32 Å².